The van der Waals surface area contributed by atoms with E-state index in [1.807, 2.05) is 109 Å². The Morgan fingerprint density at radius 3 is 1.73 bits per heavy atom. The third kappa shape index (κ3) is 5.58. The summed E-state index contributed by atoms with van der Waals surface area (Å²) in [5.41, 5.74) is 4.32. The van der Waals surface area contributed by atoms with Crippen molar-refractivity contribution >= 4 is 31.5 Å². The van der Waals surface area contributed by atoms with Crippen LogP contribution in [-0.2, 0) is 0 Å². The van der Waals surface area contributed by atoms with Gasteiger partial charge in [0.15, 0.2) is 17.5 Å². The van der Waals surface area contributed by atoms with Gasteiger partial charge in [-0.1, -0.05) is 151 Å². The van der Waals surface area contributed by atoms with Crippen LogP contribution in [-0.4, -0.2) is 15.0 Å². The molecule has 0 saturated carbocycles. The van der Waals surface area contributed by atoms with Gasteiger partial charge in [0.2, 0.25) is 0 Å². The Hall–Kier alpha value is -6.23. The highest BCUT2D eigenvalue weighted by Gasteiger charge is 2.19. The van der Waals surface area contributed by atoms with Gasteiger partial charge >= 0.3 is 0 Å². The van der Waals surface area contributed by atoms with Crippen LogP contribution in [0.2, 0.25) is 0 Å². The first-order valence-electron chi connectivity index (χ1n) is 21.0. The molecule has 0 unspecified atom stereocenters. The SMILES string of the molecule is [2H]c1c([2H])c([2H])c(-c2c([2H])c(-c3nc(-c4ccc(-c5ccccc5)cc4)nc(-c4cccc(-c5ccccc5)c4)n3)c3sc4c([2H])c([2H])c([2H])c([2H])c4c3c2[2H])c([2H])c1[2H]. The molecule has 2 aromatic heterocycles. The largest absolute Gasteiger partial charge is 0.208 e. The summed E-state index contributed by atoms with van der Waals surface area (Å²) in [6.07, 6.45) is 0. The predicted molar refractivity (Wildman–Crippen MR) is 205 cm³/mol. The highest BCUT2D eigenvalue weighted by atomic mass is 32.1. The van der Waals surface area contributed by atoms with Crippen molar-refractivity contribution in [3.8, 4) is 67.5 Å². The Bertz CT molecular complexity index is 3180. The standard InChI is InChI=1S/C45H29N3S/c1-4-13-30(14-5-1)33-23-25-34(26-24-33)43-46-44(36-20-12-19-35(27-36)31-15-6-2-7-16-31)48-45(47-43)40-29-37(32-17-8-3-9-18-32)28-39-38-21-10-11-22-41(38)49-42(39)40/h1-29H/i3D,8D,9D,10D,11D,17D,18D,21D,22D,28D,29D. The molecule has 4 heteroatoms. The first-order valence-corrected chi connectivity index (χ1v) is 16.3. The molecule has 7 aromatic carbocycles. The van der Waals surface area contributed by atoms with E-state index in [1.54, 1.807) is 0 Å². The van der Waals surface area contributed by atoms with Crippen molar-refractivity contribution in [2.24, 2.45) is 0 Å². The molecule has 0 N–H and O–H groups in total. The summed E-state index contributed by atoms with van der Waals surface area (Å²) < 4.78 is 97.3. The summed E-state index contributed by atoms with van der Waals surface area (Å²) in [6.45, 7) is 0. The van der Waals surface area contributed by atoms with Crippen molar-refractivity contribution in [3.05, 3.63) is 176 Å². The Kier molecular flexibility index (Phi) is 4.96. The lowest BCUT2D eigenvalue weighted by Crippen LogP contribution is -2.00. The Balaban J connectivity index is 1.40. The quantitative estimate of drug-likeness (QED) is 0.179. The van der Waals surface area contributed by atoms with Gasteiger partial charge in [0.25, 0.3) is 0 Å². The second-order valence-corrected chi connectivity index (χ2v) is 12.2. The molecule has 0 fully saturated rings. The second kappa shape index (κ2) is 12.4. The normalized spacial score (nSPS) is 14.4. The van der Waals surface area contributed by atoms with Crippen LogP contribution in [0.3, 0.4) is 0 Å². The monoisotopic (exact) mass is 654 g/mol. The van der Waals surface area contributed by atoms with E-state index in [9.17, 15) is 2.74 Å². The van der Waals surface area contributed by atoms with E-state index in [0.717, 1.165) is 33.6 Å². The van der Waals surface area contributed by atoms with Gasteiger partial charge in [-0.15, -0.1) is 11.3 Å². The number of hydrogen-bond acceptors (Lipinski definition) is 4. The number of nitrogens with zero attached hydrogens (tertiary/aromatic N) is 3. The molecular weight excluding hydrogens is 615 g/mol. The molecule has 0 aliphatic heterocycles. The number of aromatic nitrogens is 3. The molecule has 0 atom stereocenters. The first kappa shape index (κ1) is 19.6. The van der Waals surface area contributed by atoms with Gasteiger partial charge in [-0.05, 0) is 57.6 Å². The molecule has 0 aliphatic rings. The number of fused-ring (bicyclic) bond motifs is 3. The third-order valence-electron chi connectivity index (χ3n) is 8.15. The Morgan fingerprint density at radius 2 is 0.980 bits per heavy atom. The van der Waals surface area contributed by atoms with Crippen LogP contribution in [0, 0.1) is 0 Å². The predicted octanol–water partition coefficient (Wildman–Crippen LogP) is 12.2. The molecule has 2 heterocycles. The zero-order valence-corrected chi connectivity index (χ0v) is 26.5. The van der Waals surface area contributed by atoms with Crippen LogP contribution in [0.5, 0.6) is 0 Å². The molecule has 230 valence electrons. The highest BCUT2D eigenvalue weighted by Crippen LogP contribution is 2.42. The van der Waals surface area contributed by atoms with Crippen molar-refractivity contribution in [1.82, 2.24) is 15.0 Å². The molecule has 0 radical (unpaired) electrons. The van der Waals surface area contributed by atoms with E-state index in [1.165, 1.54) is 0 Å². The van der Waals surface area contributed by atoms with E-state index in [-0.39, 0.29) is 54.8 Å². The maximum absolute atomic E-state index is 9.80. The summed E-state index contributed by atoms with van der Waals surface area (Å²) in [7, 11) is 0. The lowest BCUT2D eigenvalue weighted by molar-refractivity contribution is 1.08. The second-order valence-electron chi connectivity index (χ2n) is 11.2. The van der Waals surface area contributed by atoms with Crippen LogP contribution in [0.1, 0.15) is 15.1 Å². The number of benzene rings is 7. The lowest BCUT2D eigenvalue weighted by atomic mass is 9.99. The third-order valence-corrected chi connectivity index (χ3v) is 9.27. The minimum atomic E-state index is -0.662. The molecule has 0 bridgehead atoms. The molecule has 0 spiro atoms. The Labute approximate surface area is 304 Å². The molecule has 0 saturated heterocycles. The molecule has 0 amide bonds. The smallest absolute Gasteiger partial charge is 0.165 e. The van der Waals surface area contributed by atoms with Crippen molar-refractivity contribution < 1.29 is 15.1 Å². The maximum Gasteiger partial charge on any atom is 0.165 e. The van der Waals surface area contributed by atoms with Crippen LogP contribution < -0.4 is 0 Å². The number of hydrogen-bond donors (Lipinski definition) is 0. The van der Waals surface area contributed by atoms with Crippen LogP contribution in [0.4, 0.5) is 0 Å². The van der Waals surface area contributed by atoms with Crippen LogP contribution in [0.15, 0.2) is 176 Å². The topological polar surface area (TPSA) is 38.7 Å². The number of thiophene rings is 1. The van der Waals surface area contributed by atoms with E-state index >= 15 is 0 Å². The van der Waals surface area contributed by atoms with Crippen molar-refractivity contribution in [1.29, 1.82) is 0 Å². The molecule has 3 nitrogen and oxygen atoms in total. The van der Waals surface area contributed by atoms with E-state index < -0.39 is 66.0 Å². The Morgan fingerprint density at radius 1 is 0.408 bits per heavy atom. The lowest BCUT2D eigenvalue weighted by Gasteiger charge is -2.12. The van der Waals surface area contributed by atoms with Gasteiger partial charge in [0.1, 0.15) is 0 Å². The summed E-state index contributed by atoms with van der Waals surface area (Å²) in [6, 6.07) is 29.0. The van der Waals surface area contributed by atoms with E-state index in [4.69, 9.17) is 27.3 Å². The fraction of sp³-hybridized carbons (Fsp3) is 0. The van der Waals surface area contributed by atoms with Crippen molar-refractivity contribution in [2.45, 2.75) is 0 Å². The maximum atomic E-state index is 9.80. The van der Waals surface area contributed by atoms with Crippen molar-refractivity contribution in [3.63, 3.8) is 0 Å². The van der Waals surface area contributed by atoms with Crippen LogP contribution >= 0.6 is 11.3 Å². The summed E-state index contributed by atoms with van der Waals surface area (Å²) in [5.74, 6) is 0.423. The average molecular weight is 655 g/mol. The van der Waals surface area contributed by atoms with Gasteiger partial charge in [-0.25, -0.2) is 15.0 Å². The van der Waals surface area contributed by atoms with E-state index in [2.05, 4.69) is 0 Å². The zero-order valence-electron chi connectivity index (χ0n) is 36.6. The average Bonchev–Trinajstić information content (AvgIpc) is 3.69. The highest BCUT2D eigenvalue weighted by molar-refractivity contribution is 7.26. The van der Waals surface area contributed by atoms with Gasteiger partial charge < -0.3 is 0 Å². The molecule has 9 aromatic rings. The van der Waals surface area contributed by atoms with Gasteiger partial charge in [-0.2, -0.15) is 0 Å². The van der Waals surface area contributed by atoms with E-state index in [0.29, 0.717) is 11.1 Å². The fourth-order valence-electron chi connectivity index (χ4n) is 5.77. The minimum Gasteiger partial charge on any atom is -0.208 e. The minimum absolute atomic E-state index is 0.00225. The van der Waals surface area contributed by atoms with Gasteiger partial charge in [0.05, 0.1) is 15.1 Å². The summed E-state index contributed by atoms with van der Waals surface area (Å²) in [4.78, 5) is 14.8. The fourth-order valence-corrected chi connectivity index (χ4v) is 6.83. The summed E-state index contributed by atoms with van der Waals surface area (Å²) >= 11 is 0.950. The van der Waals surface area contributed by atoms with Gasteiger partial charge in [0, 0.05) is 36.9 Å². The van der Waals surface area contributed by atoms with Gasteiger partial charge in [-0.3, -0.25) is 0 Å². The first-order chi connectivity index (χ1) is 28.8. The zero-order chi connectivity index (χ0) is 42.1. The van der Waals surface area contributed by atoms with Crippen LogP contribution in [0.25, 0.3) is 87.7 Å². The molecule has 9 rings (SSSR count). The number of rotatable bonds is 6. The molecule has 0 aliphatic carbocycles. The molecular formula is C45H29N3S. The van der Waals surface area contributed by atoms with Crippen molar-refractivity contribution in [2.75, 3.05) is 0 Å². The summed E-state index contributed by atoms with van der Waals surface area (Å²) in [5, 5.41) is 0.0130. The molecule has 49 heavy (non-hydrogen) atoms.